The van der Waals surface area contributed by atoms with Gasteiger partial charge in [-0.3, -0.25) is 4.99 Å². The fourth-order valence-electron chi connectivity index (χ4n) is 1.10. The van der Waals surface area contributed by atoms with Crippen LogP contribution >= 0.6 is 0 Å². The van der Waals surface area contributed by atoms with Crippen molar-refractivity contribution in [1.82, 2.24) is 0 Å². The maximum Gasteiger partial charge on any atom is 0.130 e. The van der Waals surface area contributed by atoms with Crippen LogP contribution in [0.2, 0.25) is 0 Å². The van der Waals surface area contributed by atoms with Gasteiger partial charge in [0.15, 0.2) is 0 Å². The first-order chi connectivity index (χ1) is 9.36. The van der Waals surface area contributed by atoms with Gasteiger partial charge in [-0.05, 0) is 25.1 Å². The van der Waals surface area contributed by atoms with E-state index in [9.17, 15) is 0 Å². The number of hydrogen-bond donors (Lipinski definition) is 0. The van der Waals surface area contributed by atoms with E-state index in [-0.39, 0.29) is 0 Å². The number of ether oxygens (including phenoxy) is 1. The van der Waals surface area contributed by atoms with Gasteiger partial charge >= 0.3 is 0 Å². The molecule has 2 heteroatoms. The first kappa shape index (κ1) is 19.5. The number of para-hydroxylation sites is 1. The molecule has 1 aromatic rings. The number of allylic oxidation sites excluding steroid dienone is 2. The van der Waals surface area contributed by atoms with Crippen molar-refractivity contribution in [2.45, 2.75) is 34.6 Å². The summed E-state index contributed by atoms with van der Waals surface area (Å²) < 4.78 is 5.54. The van der Waals surface area contributed by atoms with Crippen molar-refractivity contribution >= 4 is 6.21 Å². The molecular weight excluding hydrogens is 234 g/mol. The van der Waals surface area contributed by atoms with Gasteiger partial charge in [-0.25, -0.2) is 0 Å². The molecule has 1 aromatic carbocycles. The third kappa shape index (κ3) is 11.0. The molecule has 0 saturated heterocycles. The molecule has 0 radical (unpaired) electrons. The second kappa shape index (κ2) is 16.2. The van der Waals surface area contributed by atoms with Crippen LogP contribution in [0.5, 0.6) is 5.75 Å². The fraction of sp³-hybridized carbons (Fsp3) is 0.353. The lowest BCUT2D eigenvalue weighted by Crippen LogP contribution is -1.99. The summed E-state index contributed by atoms with van der Waals surface area (Å²) in [5.74, 6) is 0.846. The molecule has 0 bridgehead atoms. The summed E-state index contributed by atoms with van der Waals surface area (Å²) in [5.41, 5.74) is 0.858. The third-order valence-corrected chi connectivity index (χ3v) is 1.74. The van der Waals surface area contributed by atoms with Crippen molar-refractivity contribution < 1.29 is 4.74 Å². The Morgan fingerprint density at radius 3 is 2.21 bits per heavy atom. The Balaban J connectivity index is 0. The summed E-state index contributed by atoms with van der Waals surface area (Å²) in [6, 6.07) is 9.67. The molecule has 0 aromatic heterocycles. The minimum Gasteiger partial charge on any atom is -0.487 e. The number of hydrogen-bond acceptors (Lipinski definition) is 2. The number of benzene rings is 1. The van der Waals surface area contributed by atoms with Crippen LogP contribution in [0.4, 0.5) is 0 Å². The fourth-order valence-corrected chi connectivity index (χ4v) is 1.10. The molecule has 19 heavy (non-hydrogen) atoms. The lowest BCUT2D eigenvalue weighted by atomic mass is 10.3. The summed E-state index contributed by atoms with van der Waals surface area (Å²) >= 11 is 0. The summed E-state index contributed by atoms with van der Waals surface area (Å²) in [5, 5.41) is 0. The van der Waals surface area contributed by atoms with Crippen molar-refractivity contribution in [3.05, 3.63) is 54.8 Å². The lowest BCUT2D eigenvalue weighted by Gasteiger charge is -2.05. The Bertz CT molecular complexity index is 353. The maximum absolute atomic E-state index is 5.54. The Labute approximate surface area is 118 Å². The molecule has 0 amide bonds. The number of rotatable bonds is 5. The van der Waals surface area contributed by atoms with Crippen LogP contribution in [0.1, 0.15) is 34.6 Å². The van der Waals surface area contributed by atoms with Crippen LogP contribution in [0, 0.1) is 0 Å². The van der Waals surface area contributed by atoms with Crippen molar-refractivity contribution in [2.75, 3.05) is 6.61 Å². The summed E-state index contributed by atoms with van der Waals surface area (Å²) in [7, 11) is 0. The largest absolute Gasteiger partial charge is 0.487 e. The van der Waals surface area contributed by atoms with E-state index in [0.717, 1.165) is 11.4 Å². The molecule has 1 rings (SSSR count). The molecular formula is C17H27NO. The Hall–Kier alpha value is -1.83. The van der Waals surface area contributed by atoms with Gasteiger partial charge in [0.05, 0.1) is 5.70 Å². The smallest absolute Gasteiger partial charge is 0.130 e. The Kier molecular flexibility index (Phi) is 16.6. The van der Waals surface area contributed by atoms with E-state index >= 15 is 0 Å². The molecule has 0 saturated carbocycles. The minimum atomic E-state index is 0.459. The highest BCUT2D eigenvalue weighted by Crippen LogP contribution is 2.10. The van der Waals surface area contributed by atoms with Crippen LogP contribution in [0.25, 0.3) is 0 Å². The highest BCUT2D eigenvalue weighted by atomic mass is 16.5. The van der Waals surface area contributed by atoms with Gasteiger partial charge in [-0.15, -0.1) is 0 Å². The normalized spacial score (nSPS) is 9.84. The standard InChI is InChI=1S/C13H15NO.2C2H6/c1-3-8-12(14-4-2)11-15-13-9-6-5-7-10-13;2*1-2/h3-10H,1,11H2,2H3;2*1-2H3/b12-8-,14-4?;;. The van der Waals surface area contributed by atoms with Gasteiger partial charge in [-0.1, -0.05) is 58.5 Å². The van der Waals surface area contributed by atoms with Gasteiger partial charge in [0.2, 0.25) is 0 Å². The van der Waals surface area contributed by atoms with E-state index in [0.29, 0.717) is 6.61 Å². The van der Waals surface area contributed by atoms with Crippen LogP contribution in [-0.4, -0.2) is 12.8 Å². The predicted octanol–water partition coefficient (Wildman–Crippen LogP) is 5.28. The first-order valence-electron chi connectivity index (χ1n) is 6.85. The van der Waals surface area contributed by atoms with E-state index in [1.807, 2.05) is 71.0 Å². The van der Waals surface area contributed by atoms with Crippen molar-refractivity contribution in [1.29, 1.82) is 0 Å². The molecule has 0 heterocycles. The monoisotopic (exact) mass is 261 g/mol. The van der Waals surface area contributed by atoms with E-state index in [1.165, 1.54) is 0 Å². The zero-order chi connectivity index (χ0) is 14.9. The molecule has 0 aliphatic rings. The number of nitrogens with zero attached hydrogens (tertiary/aromatic N) is 1. The van der Waals surface area contributed by atoms with Gasteiger partial charge in [0, 0.05) is 6.21 Å². The van der Waals surface area contributed by atoms with Gasteiger partial charge in [0.25, 0.3) is 0 Å². The highest BCUT2D eigenvalue weighted by molar-refractivity contribution is 5.55. The van der Waals surface area contributed by atoms with Crippen molar-refractivity contribution in [3.8, 4) is 5.75 Å². The molecule has 0 N–H and O–H groups in total. The molecule has 0 spiro atoms. The highest BCUT2D eigenvalue weighted by Gasteiger charge is 1.94. The van der Waals surface area contributed by atoms with Crippen LogP contribution in [0.15, 0.2) is 59.8 Å². The Morgan fingerprint density at radius 2 is 1.74 bits per heavy atom. The zero-order valence-corrected chi connectivity index (χ0v) is 12.9. The summed E-state index contributed by atoms with van der Waals surface area (Å²) in [6.45, 7) is 14.0. The van der Waals surface area contributed by atoms with Crippen molar-refractivity contribution in [2.24, 2.45) is 4.99 Å². The van der Waals surface area contributed by atoms with E-state index in [1.54, 1.807) is 12.3 Å². The molecule has 0 unspecified atom stereocenters. The van der Waals surface area contributed by atoms with Crippen molar-refractivity contribution in [3.63, 3.8) is 0 Å². The van der Waals surface area contributed by atoms with Crippen LogP contribution in [0.3, 0.4) is 0 Å². The van der Waals surface area contributed by atoms with Gasteiger partial charge < -0.3 is 4.74 Å². The van der Waals surface area contributed by atoms with E-state index in [4.69, 9.17) is 4.74 Å². The van der Waals surface area contributed by atoms with E-state index < -0.39 is 0 Å². The SMILES string of the molecule is C=C/C=C(/COc1ccccc1)N=CC.CC.CC. The third-order valence-electron chi connectivity index (χ3n) is 1.74. The lowest BCUT2D eigenvalue weighted by molar-refractivity contribution is 0.351. The van der Waals surface area contributed by atoms with Gasteiger partial charge in [-0.2, -0.15) is 0 Å². The van der Waals surface area contributed by atoms with Crippen LogP contribution < -0.4 is 4.74 Å². The summed E-state index contributed by atoms with van der Waals surface area (Å²) in [6.07, 6.45) is 5.28. The van der Waals surface area contributed by atoms with Crippen LogP contribution in [-0.2, 0) is 0 Å². The predicted molar refractivity (Wildman–Crippen MR) is 87.1 cm³/mol. The maximum atomic E-state index is 5.54. The molecule has 0 fully saturated rings. The molecule has 0 aliphatic heterocycles. The second-order valence-corrected chi connectivity index (χ2v) is 2.88. The molecule has 106 valence electrons. The number of aliphatic imine (C=N–C) groups is 1. The summed E-state index contributed by atoms with van der Waals surface area (Å²) in [4.78, 5) is 4.17. The second-order valence-electron chi connectivity index (χ2n) is 2.88. The molecule has 0 atom stereocenters. The molecule has 2 nitrogen and oxygen atoms in total. The minimum absolute atomic E-state index is 0.459. The topological polar surface area (TPSA) is 21.6 Å². The Morgan fingerprint density at radius 1 is 1.16 bits per heavy atom. The average molecular weight is 261 g/mol. The zero-order valence-electron chi connectivity index (χ0n) is 12.9. The first-order valence-corrected chi connectivity index (χ1v) is 6.85. The molecule has 0 aliphatic carbocycles. The quantitative estimate of drug-likeness (QED) is 0.522. The average Bonchev–Trinajstić information content (AvgIpc) is 2.50. The van der Waals surface area contributed by atoms with E-state index in [2.05, 4.69) is 11.6 Å². The van der Waals surface area contributed by atoms with Gasteiger partial charge in [0.1, 0.15) is 12.4 Å².